The third-order valence-corrected chi connectivity index (χ3v) is 6.01. The number of alkyl carbamates (subject to hydrolysis) is 1. The molecule has 0 aromatic heterocycles. The summed E-state index contributed by atoms with van der Waals surface area (Å²) in [6.45, 7) is 5.98. The molecular weight excluding hydrogens is 448 g/mol. The van der Waals surface area contributed by atoms with Gasteiger partial charge in [0.05, 0.1) is 12.5 Å². The van der Waals surface area contributed by atoms with E-state index < -0.39 is 29.9 Å². The first-order valence-corrected chi connectivity index (χ1v) is 11.7. The Morgan fingerprint density at radius 1 is 1.00 bits per heavy atom. The Morgan fingerprint density at radius 2 is 1.57 bits per heavy atom. The van der Waals surface area contributed by atoms with E-state index in [2.05, 4.69) is 22.8 Å². The summed E-state index contributed by atoms with van der Waals surface area (Å²) in [5.41, 5.74) is 4.30. The normalized spacial score (nSPS) is 14.4. The summed E-state index contributed by atoms with van der Waals surface area (Å²) in [5, 5.41) is 14.5. The first-order valence-electron chi connectivity index (χ1n) is 11.7. The van der Waals surface area contributed by atoms with Gasteiger partial charge in [-0.3, -0.25) is 4.79 Å². The number of hydrogen-bond donors (Lipinski definition) is 3. The zero-order valence-electron chi connectivity index (χ0n) is 20.7. The molecule has 2 aromatic rings. The van der Waals surface area contributed by atoms with E-state index in [0.29, 0.717) is 6.42 Å². The number of nitrogens with one attached hydrogen (secondary N) is 2. The van der Waals surface area contributed by atoms with Crippen molar-refractivity contribution in [2.45, 2.75) is 39.2 Å². The minimum absolute atomic E-state index is 0.0269. The molecule has 0 heterocycles. The van der Waals surface area contributed by atoms with Crippen molar-refractivity contribution >= 4 is 18.0 Å². The van der Waals surface area contributed by atoms with Crippen molar-refractivity contribution in [3.8, 4) is 11.1 Å². The van der Waals surface area contributed by atoms with Gasteiger partial charge >= 0.3 is 12.1 Å². The summed E-state index contributed by atoms with van der Waals surface area (Å²) in [4.78, 5) is 36.8. The number of fused-ring (bicyclic) bond motifs is 3. The fraction of sp³-hybridized carbons (Fsp3) is 0.444. The Kier molecular flexibility index (Phi) is 8.51. The van der Waals surface area contributed by atoms with Gasteiger partial charge in [-0.1, -0.05) is 69.3 Å². The van der Waals surface area contributed by atoms with Crippen LogP contribution in [-0.4, -0.2) is 56.0 Å². The van der Waals surface area contributed by atoms with Gasteiger partial charge in [-0.15, -0.1) is 0 Å². The maximum Gasteiger partial charge on any atom is 0.407 e. The maximum absolute atomic E-state index is 12.8. The van der Waals surface area contributed by atoms with E-state index in [1.807, 2.05) is 57.2 Å². The Balaban J connectivity index is 1.62. The smallest absolute Gasteiger partial charge is 0.407 e. The van der Waals surface area contributed by atoms with Crippen LogP contribution in [0.25, 0.3) is 11.1 Å². The summed E-state index contributed by atoms with van der Waals surface area (Å²) in [6.07, 6.45) is -0.174. The summed E-state index contributed by atoms with van der Waals surface area (Å²) >= 11 is 0. The number of carboxylic acid groups (broad SMARTS) is 1. The molecule has 8 nitrogen and oxygen atoms in total. The average molecular weight is 483 g/mol. The van der Waals surface area contributed by atoms with Crippen LogP contribution in [-0.2, 0) is 19.1 Å². The van der Waals surface area contributed by atoms with Crippen molar-refractivity contribution in [2.75, 3.05) is 26.9 Å². The number of benzene rings is 2. The second kappa shape index (κ2) is 11.4. The number of methoxy groups -OCH3 is 1. The highest BCUT2D eigenvalue weighted by molar-refractivity contribution is 5.85. The largest absolute Gasteiger partial charge is 0.480 e. The van der Waals surface area contributed by atoms with E-state index in [1.54, 1.807) is 0 Å². The van der Waals surface area contributed by atoms with Gasteiger partial charge in [0.15, 0.2) is 6.04 Å². The number of rotatable bonds is 10. The van der Waals surface area contributed by atoms with Crippen LogP contribution in [0.5, 0.6) is 0 Å². The maximum atomic E-state index is 12.8. The first-order chi connectivity index (χ1) is 16.6. The monoisotopic (exact) mass is 482 g/mol. The van der Waals surface area contributed by atoms with Crippen molar-refractivity contribution < 1.29 is 29.0 Å². The predicted molar refractivity (Wildman–Crippen MR) is 132 cm³/mol. The molecule has 0 saturated carbocycles. The highest BCUT2D eigenvalue weighted by Crippen LogP contribution is 2.44. The molecule has 0 saturated heterocycles. The van der Waals surface area contributed by atoms with Gasteiger partial charge < -0.3 is 25.2 Å². The summed E-state index contributed by atoms with van der Waals surface area (Å²) in [6, 6.07) is 15.0. The lowest BCUT2D eigenvalue weighted by molar-refractivity contribution is -0.144. The number of ether oxygens (including phenoxy) is 2. The lowest BCUT2D eigenvalue weighted by atomic mass is 9.84. The lowest BCUT2D eigenvalue weighted by Crippen LogP contribution is -2.49. The third-order valence-electron chi connectivity index (χ3n) is 6.01. The summed E-state index contributed by atoms with van der Waals surface area (Å²) in [7, 11) is 1.37. The number of carbonyl (C=O) groups is 3. The fourth-order valence-electron chi connectivity index (χ4n) is 4.48. The number of amides is 2. The molecule has 35 heavy (non-hydrogen) atoms. The number of carboxylic acids is 1. The topological polar surface area (TPSA) is 114 Å². The van der Waals surface area contributed by atoms with Crippen LogP contribution < -0.4 is 10.6 Å². The van der Waals surface area contributed by atoms with Crippen LogP contribution in [0.1, 0.15) is 44.2 Å². The van der Waals surface area contributed by atoms with E-state index in [0.717, 1.165) is 22.3 Å². The number of carbonyl (C=O) groups excluding carboxylic acids is 2. The van der Waals surface area contributed by atoms with Gasteiger partial charge in [-0.25, -0.2) is 9.59 Å². The van der Waals surface area contributed by atoms with E-state index >= 15 is 0 Å². The second-order valence-electron chi connectivity index (χ2n) is 10.0. The van der Waals surface area contributed by atoms with Crippen LogP contribution >= 0.6 is 0 Å². The zero-order valence-corrected chi connectivity index (χ0v) is 20.7. The molecule has 188 valence electrons. The van der Waals surface area contributed by atoms with Gasteiger partial charge in [0.25, 0.3) is 0 Å². The summed E-state index contributed by atoms with van der Waals surface area (Å²) < 4.78 is 10.5. The quantitative estimate of drug-likeness (QED) is 0.475. The average Bonchev–Trinajstić information content (AvgIpc) is 3.13. The molecule has 0 bridgehead atoms. The van der Waals surface area contributed by atoms with Crippen LogP contribution in [0.15, 0.2) is 48.5 Å². The highest BCUT2D eigenvalue weighted by Gasteiger charge is 2.31. The molecule has 0 radical (unpaired) electrons. The second-order valence-corrected chi connectivity index (χ2v) is 10.0. The fourth-order valence-corrected chi connectivity index (χ4v) is 4.48. The van der Waals surface area contributed by atoms with E-state index in [9.17, 15) is 19.5 Å². The van der Waals surface area contributed by atoms with Crippen molar-refractivity contribution in [3.63, 3.8) is 0 Å². The first kappa shape index (κ1) is 26.2. The predicted octanol–water partition coefficient (Wildman–Crippen LogP) is 3.79. The van der Waals surface area contributed by atoms with Crippen LogP contribution in [0.4, 0.5) is 4.79 Å². The van der Waals surface area contributed by atoms with Crippen molar-refractivity contribution in [2.24, 2.45) is 11.3 Å². The molecule has 8 heteroatoms. The van der Waals surface area contributed by atoms with Gasteiger partial charge in [0.2, 0.25) is 5.91 Å². The molecular formula is C27H34N2O6. The SMILES string of the molecule is COC[C@H](NC(=O)C(CNC(=O)OCC1c2ccccc2-c2ccccc21)CC(C)(C)C)C(=O)O. The molecule has 0 aliphatic heterocycles. The Labute approximate surface area is 206 Å². The van der Waals surface area contributed by atoms with Gasteiger partial charge in [0, 0.05) is 19.6 Å². The molecule has 0 spiro atoms. The third kappa shape index (κ3) is 6.82. The van der Waals surface area contributed by atoms with E-state index in [-0.39, 0.29) is 31.1 Å². The molecule has 1 unspecified atom stereocenters. The molecule has 1 aliphatic rings. The van der Waals surface area contributed by atoms with Crippen LogP contribution in [0.2, 0.25) is 0 Å². The molecule has 1 aliphatic carbocycles. The van der Waals surface area contributed by atoms with Gasteiger partial charge in [0.1, 0.15) is 6.61 Å². The minimum Gasteiger partial charge on any atom is -0.480 e. The van der Waals surface area contributed by atoms with E-state index in [4.69, 9.17) is 9.47 Å². The Hall–Kier alpha value is -3.39. The molecule has 3 N–H and O–H groups in total. The van der Waals surface area contributed by atoms with E-state index in [1.165, 1.54) is 7.11 Å². The van der Waals surface area contributed by atoms with Gasteiger partial charge in [-0.2, -0.15) is 0 Å². The standard InChI is InChI=1S/C27H34N2O6/c1-27(2,3)13-17(24(30)29-23(16-34-4)25(31)32)14-28-26(33)35-15-22-20-11-7-5-9-18(20)19-10-6-8-12-21(19)22/h5-12,17,22-23H,13-16H2,1-4H3,(H,28,33)(H,29,30)(H,31,32)/t17?,23-/m0/s1. The number of aliphatic carboxylic acids is 1. The molecule has 2 atom stereocenters. The van der Waals surface area contributed by atoms with Gasteiger partial charge in [-0.05, 0) is 34.1 Å². The van der Waals surface area contributed by atoms with Crippen molar-refractivity contribution in [1.29, 1.82) is 0 Å². The highest BCUT2D eigenvalue weighted by atomic mass is 16.5. The summed E-state index contributed by atoms with van der Waals surface area (Å²) in [5.74, 6) is -2.33. The van der Waals surface area contributed by atoms with Crippen molar-refractivity contribution in [1.82, 2.24) is 10.6 Å². The molecule has 2 aromatic carbocycles. The molecule has 3 rings (SSSR count). The van der Waals surface area contributed by atoms with Crippen molar-refractivity contribution in [3.05, 3.63) is 59.7 Å². The van der Waals surface area contributed by atoms with Crippen LogP contribution in [0, 0.1) is 11.3 Å². The number of hydrogen-bond acceptors (Lipinski definition) is 5. The van der Waals surface area contributed by atoms with Crippen LogP contribution in [0.3, 0.4) is 0 Å². The zero-order chi connectivity index (χ0) is 25.6. The molecule has 2 amide bonds. The Bertz CT molecular complexity index is 1020. The molecule has 0 fully saturated rings. The minimum atomic E-state index is -1.18. The lowest BCUT2D eigenvalue weighted by Gasteiger charge is -2.26. The Morgan fingerprint density at radius 3 is 2.09 bits per heavy atom.